The van der Waals surface area contributed by atoms with E-state index in [9.17, 15) is 0 Å². The maximum absolute atomic E-state index is 5.89. The predicted octanol–water partition coefficient (Wildman–Crippen LogP) is 2.34. The molecular formula is C10H18BrN3. The molecular weight excluding hydrogens is 242 g/mol. The number of nitrogens with two attached hydrogens (primary N) is 1. The molecule has 0 saturated heterocycles. The normalized spacial score (nSPS) is 13.1. The zero-order valence-corrected chi connectivity index (χ0v) is 10.4. The Morgan fingerprint density at radius 3 is 2.86 bits per heavy atom. The standard InChI is InChI=1S/C10H18BrN3/c1-3-8(12)5-6-10-9(11)7-13-14(10)4-2/h7-8H,3-6,12H2,1-2H3. The van der Waals surface area contributed by atoms with Crippen molar-refractivity contribution in [3.63, 3.8) is 0 Å². The van der Waals surface area contributed by atoms with E-state index in [1.54, 1.807) is 0 Å². The molecule has 14 heavy (non-hydrogen) atoms. The van der Waals surface area contributed by atoms with Crippen molar-refractivity contribution in [1.29, 1.82) is 0 Å². The topological polar surface area (TPSA) is 43.8 Å². The molecule has 0 radical (unpaired) electrons. The second kappa shape index (κ2) is 5.51. The average molecular weight is 260 g/mol. The van der Waals surface area contributed by atoms with Gasteiger partial charge in [0.25, 0.3) is 0 Å². The van der Waals surface area contributed by atoms with Gasteiger partial charge in [0.2, 0.25) is 0 Å². The molecule has 0 bridgehead atoms. The number of aromatic nitrogens is 2. The summed E-state index contributed by atoms with van der Waals surface area (Å²) in [6.07, 6.45) is 4.93. The van der Waals surface area contributed by atoms with Crippen LogP contribution in [-0.2, 0) is 13.0 Å². The monoisotopic (exact) mass is 259 g/mol. The largest absolute Gasteiger partial charge is 0.328 e. The van der Waals surface area contributed by atoms with E-state index in [0.717, 1.165) is 30.3 Å². The minimum atomic E-state index is 0.308. The van der Waals surface area contributed by atoms with Crippen LogP contribution in [0.25, 0.3) is 0 Å². The summed E-state index contributed by atoms with van der Waals surface area (Å²) in [5.74, 6) is 0. The Morgan fingerprint density at radius 2 is 2.29 bits per heavy atom. The third kappa shape index (κ3) is 2.82. The van der Waals surface area contributed by atoms with Crippen LogP contribution in [0.1, 0.15) is 32.4 Å². The van der Waals surface area contributed by atoms with Gasteiger partial charge in [-0.05, 0) is 42.1 Å². The van der Waals surface area contributed by atoms with Crippen molar-refractivity contribution >= 4 is 15.9 Å². The number of halogens is 1. The zero-order valence-electron chi connectivity index (χ0n) is 8.83. The zero-order chi connectivity index (χ0) is 10.6. The van der Waals surface area contributed by atoms with Gasteiger partial charge in [-0.25, -0.2) is 0 Å². The van der Waals surface area contributed by atoms with E-state index in [1.165, 1.54) is 5.69 Å². The van der Waals surface area contributed by atoms with E-state index >= 15 is 0 Å². The molecule has 0 aliphatic heterocycles. The van der Waals surface area contributed by atoms with Gasteiger partial charge in [0.1, 0.15) is 0 Å². The van der Waals surface area contributed by atoms with Gasteiger partial charge < -0.3 is 5.73 Å². The SMILES string of the molecule is CCC(N)CCc1c(Br)cnn1CC. The Bertz CT molecular complexity index is 283. The lowest BCUT2D eigenvalue weighted by Crippen LogP contribution is -2.20. The molecule has 0 amide bonds. The van der Waals surface area contributed by atoms with Crippen molar-refractivity contribution in [3.05, 3.63) is 16.4 Å². The molecule has 0 fully saturated rings. The van der Waals surface area contributed by atoms with Crippen molar-refractivity contribution in [2.75, 3.05) is 0 Å². The molecule has 0 aromatic carbocycles. The molecule has 1 atom stereocenters. The molecule has 1 unspecified atom stereocenters. The van der Waals surface area contributed by atoms with Crippen LogP contribution in [0.5, 0.6) is 0 Å². The Kier molecular flexibility index (Phi) is 4.62. The van der Waals surface area contributed by atoms with Gasteiger partial charge >= 0.3 is 0 Å². The Morgan fingerprint density at radius 1 is 1.57 bits per heavy atom. The summed E-state index contributed by atoms with van der Waals surface area (Å²) in [6.45, 7) is 5.14. The Balaban J connectivity index is 2.60. The van der Waals surface area contributed by atoms with Crippen molar-refractivity contribution < 1.29 is 0 Å². The highest BCUT2D eigenvalue weighted by atomic mass is 79.9. The number of rotatable bonds is 5. The fourth-order valence-corrected chi connectivity index (χ4v) is 1.93. The summed E-state index contributed by atoms with van der Waals surface area (Å²) in [6, 6.07) is 0.308. The fraction of sp³-hybridized carbons (Fsp3) is 0.700. The van der Waals surface area contributed by atoms with Crippen LogP contribution in [0.3, 0.4) is 0 Å². The molecule has 1 rings (SSSR count). The summed E-state index contributed by atoms with van der Waals surface area (Å²) in [7, 11) is 0. The quantitative estimate of drug-likeness (QED) is 0.883. The second-order valence-corrected chi connectivity index (χ2v) is 4.32. The predicted molar refractivity (Wildman–Crippen MR) is 62.2 cm³/mol. The highest BCUT2D eigenvalue weighted by Gasteiger charge is 2.08. The molecule has 1 aromatic rings. The highest BCUT2D eigenvalue weighted by molar-refractivity contribution is 9.10. The first kappa shape index (κ1) is 11.7. The Labute approximate surface area is 93.8 Å². The van der Waals surface area contributed by atoms with Gasteiger partial charge in [0.05, 0.1) is 16.4 Å². The maximum atomic E-state index is 5.89. The van der Waals surface area contributed by atoms with Crippen LogP contribution in [0, 0.1) is 0 Å². The van der Waals surface area contributed by atoms with E-state index in [1.807, 2.05) is 10.9 Å². The Hall–Kier alpha value is -0.350. The summed E-state index contributed by atoms with van der Waals surface area (Å²) >= 11 is 3.51. The van der Waals surface area contributed by atoms with Crippen molar-refractivity contribution in [2.24, 2.45) is 5.73 Å². The second-order valence-electron chi connectivity index (χ2n) is 3.46. The van der Waals surface area contributed by atoms with E-state index < -0.39 is 0 Å². The molecule has 3 nitrogen and oxygen atoms in total. The first-order valence-electron chi connectivity index (χ1n) is 5.14. The molecule has 1 heterocycles. The van der Waals surface area contributed by atoms with Gasteiger partial charge in [0, 0.05) is 12.6 Å². The molecule has 1 aromatic heterocycles. The van der Waals surface area contributed by atoms with E-state index in [-0.39, 0.29) is 0 Å². The maximum Gasteiger partial charge on any atom is 0.0635 e. The van der Waals surface area contributed by atoms with Crippen LogP contribution in [0.15, 0.2) is 10.7 Å². The van der Waals surface area contributed by atoms with Crippen molar-refractivity contribution in [1.82, 2.24) is 9.78 Å². The first-order valence-corrected chi connectivity index (χ1v) is 5.94. The van der Waals surface area contributed by atoms with Gasteiger partial charge in [-0.2, -0.15) is 5.10 Å². The molecule has 2 N–H and O–H groups in total. The van der Waals surface area contributed by atoms with Crippen molar-refractivity contribution in [3.8, 4) is 0 Å². The third-order valence-electron chi connectivity index (χ3n) is 2.47. The van der Waals surface area contributed by atoms with Crippen molar-refractivity contribution in [2.45, 2.75) is 45.7 Å². The van der Waals surface area contributed by atoms with Gasteiger partial charge in [0.15, 0.2) is 0 Å². The minimum absolute atomic E-state index is 0.308. The number of hydrogen-bond acceptors (Lipinski definition) is 2. The lowest BCUT2D eigenvalue weighted by Gasteiger charge is -2.09. The van der Waals surface area contributed by atoms with Crippen LogP contribution in [-0.4, -0.2) is 15.8 Å². The van der Waals surface area contributed by atoms with Crippen LogP contribution >= 0.6 is 15.9 Å². The summed E-state index contributed by atoms with van der Waals surface area (Å²) in [5, 5.41) is 4.27. The molecule has 80 valence electrons. The number of aryl methyl sites for hydroxylation is 1. The smallest absolute Gasteiger partial charge is 0.0635 e. The van der Waals surface area contributed by atoms with Gasteiger partial charge in [-0.3, -0.25) is 4.68 Å². The van der Waals surface area contributed by atoms with Gasteiger partial charge in [-0.15, -0.1) is 0 Å². The van der Waals surface area contributed by atoms with Crippen LogP contribution in [0.4, 0.5) is 0 Å². The average Bonchev–Trinajstić information content (AvgIpc) is 2.55. The summed E-state index contributed by atoms with van der Waals surface area (Å²) in [4.78, 5) is 0. The van der Waals surface area contributed by atoms with E-state index in [4.69, 9.17) is 5.73 Å². The summed E-state index contributed by atoms with van der Waals surface area (Å²) in [5.41, 5.74) is 7.15. The lowest BCUT2D eigenvalue weighted by atomic mass is 10.1. The molecule has 0 aliphatic rings. The molecule has 0 saturated carbocycles. The number of hydrogen-bond donors (Lipinski definition) is 1. The lowest BCUT2D eigenvalue weighted by molar-refractivity contribution is 0.556. The van der Waals surface area contributed by atoms with Gasteiger partial charge in [-0.1, -0.05) is 6.92 Å². The fourth-order valence-electron chi connectivity index (χ4n) is 1.44. The summed E-state index contributed by atoms with van der Waals surface area (Å²) < 4.78 is 3.12. The third-order valence-corrected chi connectivity index (χ3v) is 3.14. The van der Waals surface area contributed by atoms with Crippen LogP contribution in [0.2, 0.25) is 0 Å². The van der Waals surface area contributed by atoms with E-state index in [0.29, 0.717) is 6.04 Å². The van der Waals surface area contributed by atoms with Crippen LogP contribution < -0.4 is 5.73 Å². The molecule has 0 aliphatic carbocycles. The number of nitrogens with zero attached hydrogens (tertiary/aromatic N) is 2. The molecule has 0 spiro atoms. The minimum Gasteiger partial charge on any atom is -0.328 e. The highest BCUT2D eigenvalue weighted by Crippen LogP contribution is 2.18. The van der Waals surface area contributed by atoms with E-state index in [2.05, 4.69) is 34.9 Å². The molecule has 4 heteroatoms. The first-order chi connectivity index (χ1) is 6.69.